The Bertz CT molecular complexity index is 1050. The van der Waals surface area contributed by atoms with Crippen LogP contribution in [0.3, 0.4) is 0 Å². The number of nitrogens with zero attached hydrogens (tertiary/aromatic N) is 3. The molecule has 2 rings (SSSR count). The Hall–Kier alpha value is -2.79. The average molecular weight is 481 g/mol. The summed E-state index contributed by atoms with van der Waals surface area (Å²) in [5.74, 6) is -0.792. The zero-order valence-electron chi connectivity index (χ0n) is 19.7. The first kappa shape index (κ1) is 26.5. The molecule has 1 heterocycles. The SMILES string of the molecule is CCCc1noc(COC(=O)[C@@H](NC(=O)c2cccc(S(=O)(=O)N(CC)CC)c2)C(C)C)n1. The Morgan fingerprint density at radius 1 is 1.18 bits per heavy atom. The van der Waals surface area contributed by atoms with E-state index in [-0.39, 0.29) is 28.9 Å². The summed E-state index contributed by atoms with van der Waals surface area (Å²) in [6.45, 7) is 9.43. The van der Waals surface area contributed by atoms with E-state index < -0.39 is 27.9 Å². The van der Waals surface area contributed by atoms with E-state index in [1.807, 2.05) is 6.92 Å². The minimum atomic E-state index is -3.72. The van der Waals surface area contributed by atoms with Crippen LogP contribution in [0.5, 0.6) is 0 Å². The lowest BCUT2D eigenvalue weighted by Crippen LogP contribution is -2.45. The fourth-order valence-corrected chi connectivity index (χ4v) is 4.63. The van der Waals surface area contributed by atoms with Gasteiger partial charge < -0.3 is 14.6 Å². The predicted molar refractivity (Wildman–Crippen MR) is 121 cm³/mol. The largest absolute Gasteiger partial charge is 0.454 e. The molecular formula is C22H32N4O6S. The van der Waals surface area contributed by atoms with Crippen molar-refractivity contribution in [2.24, 2.45) is 5.92 Å². The number of sulfonamides is 1. The Kier molecular flexibility index (Phi) is 9.54. The second-order valence-corrected chi connectivity index (χ2v) is 9.71. The van der Waals surface area contributed by atoms with Crippen molar-refractivity contribution >= 4 is 21.9 Å². The van der Waals surface area contributed by atoms with Crippen molar-refractivity contribution in [3.63, 3.8) is 0 Å². The second kappa shape index (κ2) is 11.9. The summed E-state index contributed by atoms with van der Waals surface area (Å²) in [6.07, 6.45) is 1.52. The van der Waals surface area contributed by atoms with Crippen molar-refractivity contribution in [2.75, 3.05) is 13.1 Å². The summed E-state index contributed by atoms with van der Waals surface area (Å²) in [5, 5.41) is 6.45. The number of ether oxygens (including phenoxy) is 1. The molecule has 0 radical (unpaired) electrons. The Morgan fingerprint density at radius 2 is 1.88 bits per heavy atom. The highest BCUT2D eigenvalue weighted by molar-refractivity contribution is 7.89. The Balaban J connectivity index is 2.11. The third-order valence-corrected chi connectivity index (χ3v) is 7.01. The summed E-state index contributed by atoms with van der Waals surface area (Å²) < 4.78 is 37.2. The van der Waals surface area contributed by atoms with E-state index in [4.69, 9.17) is 9.26 Å². The molecule has 1 amide bonds. The Labute approximate surface area is 194 Å². The summed E-state index contributed by atoms with van der Waals surface area (Å²) >= 11 is 0. The third kappa shape index (κ3) is 6.84. The fourth-order valence-electron chi connectivity index (χ4n) is 3.13. The maximum absolute atomic E-state index is 12.8. The van der Waals surface area contributed by atoms with Crippen LogP contribution in [0, 0.1) is 5.92 Å². The van der Waals surface area contributed by atoms with E-state index in [9.17, 15) is 18.0 Å². The molecule has 0 aliphatic heterocycles. The third-order valence-electron chi connectivity index (χ3n) is 4.97. The van der Waals surface area contributed by atoms with Crippen molar-refractivity contribution in [1.82, 2.24) is 19.8 Å². The van der Waals surface area contributed by atoms with Crippen molar-refractivity contribution in [3.05, 3.63) is 41.5 Å². The van der Waals surface area contributed by atoms with E-state index in [1.165, 1.54) is 28.6 Å². The zero-order chi connectivity index (χ0) is 24.6. The lowest BCUT2D eigenvalue weighted by Gasteiger charge is -2.21. The van der Waals surface area contributed by atoms with Gasteiger partial charge in [0.05, 0.1) is 4.90 Å². The molecule has 0 aliphatic carbocycles. The minimum Gasteiger partial charge on any atom is -0.454 e. The summed E-state index contributed by atoms with van der Waals surface area (Å²) in [6, 6.07) is 4.79. The number of carbonyl (C=O) groups excluding carboxylic acids is 2. The molecule has 1 aromatic carbocycles. The van der Waals surface area contributed by atoms with Gasteiger partial charge in [-0.3, -0.25) is 4.79 Å². The molecule has 0 spiro atoms. The molecule has 0 saturated carbocycles. The molecule has 33 heavy (non-hydrogen) atoms. The highest BCUT2D eigenvalue weighted by atomic mass is 32.2. The topological polar surface area (TPSA) is 132 Å². The van der Waals surface area contributed by atoms with Gasteiger partial charge in [0, 0.05) is 25.1 Å². The fraction of sp³-hybridized carbons (Fsp3) is 0.545. The van der Waals surface area contributed by atoms with Crippen LogP contribution in [0.25, 0.3) is 0 Å². The van der Waals surface area contributed by atoms with Crippen LogP contribution in [-0.2, 0) is 32.6 Å². The van der Waals surface area contributed by atoms with Crippen molar-refractivity contribution in [2.45, 2.75) is 65.0 Å². The zero-order valence-corrected chi connectivity index (χ0v) is 20.5. The van der Waals surface area contributed by atoms with E-state index in [0.29, 0.717) is 25.3 Å². The van der Waals surface area contributed by atoms with Crippen LogP contribution in [0.1, 0.15) is 63.1 Å². The highest BCUT2D eigenvalue weighted by Gasteiger charge is 2.28. The van der Waals surface area contributed by atoms with Crippen LogP contribution in [0.4, 0.5) is 0 Å². The van der Waals surface area contributed by atoms with Gasteiger partial charge in [0.15, 0.2) is 12.4 Å². The molecule has 11 heteroatoms. The summed E-state index contributed by atoms with van der Waals surface area (Å²) in [4.78, 5) is 29.6. The smallest absolute Gasteiger partial charge is 0.329 e. The number of nitrogens with one attached hydrogen (secondary N) is 1. The lowest BCUT2D eigenvalue weighted by atomic mass is 10.0. The molecule has 0 bridgehead atoms. The second-order valence-electron chi connectivity index (χ2n) is 7.77. The van der Waals surface area contributed by atoms with E-state index >= 15 is 0 Å². The van der Waals surface area contributed by atoms with Gasteiger partial charge in [0.1, 0.15) is 6.04 Å². The van der Waals surface area contributed by atoms with Crippen molar-refractivity contribution < 1.29 is 27.3 Å². The quantitative estimate of drug-likeness (QED) is 0.459. The number of rotatable bonds is 12. The first-order valence-corrected chi connectivity index (χ1v) is 12.5. The van der Waals surface area contributed by atoms with Gasteiger partial charge in [-0.05, 0) is 30.5 Å². The molecule has 1 aromatic heterocycles. The monoisotopic (exact) mass is 480 g/mol. The number of aryl methyl sites for hydroxylation is 1. The molecule has 0 saturated heterocycles. The molecule has 1 N–H and O–H groups in total. The van der Waals surface area contributed by atoms with Gasteiger partial charge in [-0.2, -0.15) is 9.29 Å². The number of hydrogen-bond donors (Lipinski definition) is 1. The van der Waals surface area contributed by atoms with Crippen LogP contribution >= 0.6 is 0 Å². The number of hydrogen-bond acceptors (Lipinski definition) is 8. The molecular weight excluding hydrogens is 448 g/mol. The van der Waals surface area contributed by atoms with Crippen LogP contribution < -0.4 is 5.32 Å². The standard InChI is InChI=1S/C22H32N4O6S/c1-6-10-18-23-19(32-25-18)14-31-22(28)20(15(4)5)24-21(27)16-11-9-12-17(13-16)33(29,30)26(7-2)8-3/h9,11-13,15,20H,6-8,10,14H2,1-5H3,(H,24,27)/t20-/m0/s1. The first-order chi connectivity index (χ1) is 15.6. The molecule has 182 valence electrons. The van der Waals surface area contributed by atoms with Gasteiger partial charge in [-0.25, -0.2) is 13.2 Å². The normalized spacial score (nSPS) is 12.7. The predicted octanol–water partition coefficient (Wildman–Crippen LogP) is 2.55. The van der Waals surface area contributed by atoms with Gasteiger partial charge in [-0.15, -0.1) is 0 Å². The summed E-state index contributed by atoms with van der Waals surface area (Å²) in [5.41, 5.74) is 0.128. The molecule has 0 fully saturated rings. The van der Waals surface area contributed by atoms with Gasteiger partial charge in [0.25, 0.3) is 11.8 Å². The van der Waals surface area contributed by atoms with E-state index in [0.717, 1.165) is 6.42 Å². The van der Waals surface area contributed by atoms with E-state index in [1.54, 1.807) is 27.7 Å². The number of esters is 1. The molecule has 0 unspecified atom stereocenters. The minimum absolute atomic E-state index is 0.0156. The number of aromatic nitrogens is 2. The average Bonchev–Trinajstić information content (AvgIpc) is 3.24. The van der Waals surface area contributed by atoms with Crippen LogP contribution in [0.2, 0.25) is 0 Å². The number of benzene rings is 1. The lowest BCUT2D eigenvalue weighted by molar-refractivity contribution is -0.149. The first-order valence-electron chi connectivity index (χ1n) is 11.0. The molecule has 2 aromatic rings. The maximum atomic E-state index is 12.8. The number of amides is 1. The Morgan fingerprint density at radius 3 is 2.48 bits per heavy atom. The molecule has 1 atom stereocenters. The van der Waals surface area contributed by atoms with Gasteiger partial charge >= 0.3 is 5.97 Å². The van der Waals surface area contributed by atoms with Gasteiger partial charge in [0.2, 0.25) is 10.0 Å². The van der Waals surface area contributed by atoms with Crippen LogP contribution in [0.15, 0.2) is 33.7 Å². The summed E-state index contributed by atoms with van der Waals surface area (Å²) in [7, 11) is -3.72. The number of carbonyl (C=O) groups is 2. The molecule has 0 aliphatic rings. The molecule has 10 nitrogen and oxygen atoms in total. The highest BCUT2D eigenvalue weighted by Crippen LogP contribution is 2.17. The van der Waals surface area contributed by atoms with Gasteiger partial charge in [-0.1, -0.05) is 45.8 Å². The van der Waals surface area contributed by atoms with E-state index in [2.05, 4.69) is 15.5 Å². The maximum Gasteiger partial charge on any atom is 0.329 e. The van der Waals surface area contributed by atoms with Crippen LogP contribution in [-0.4, -0.2) is 53.9 Å². The van der Waals surface area contributed by atoms with Crippen molar-refractivity contribution in [1.29, 1.82) is 0 Å². The van der Waals surface area contributed by atoms with Crippen molar-refractivity contribution in [3.8, 4) is 0 Å².